The van der Waals surface area contributed by atoms with E-state index in [0.717, 1.165) is 38.0 Å². The summed E-state index contributed by atoms with van der Waals surface area (Å²) in [6, 6.07) is 0. The van der Waals surface area contributed by atoms with Crippen LogP contribution in [0, 0.1) is 5.41 Å². The van der Waals surface area contributed by atoms with Gasteiger partial charge in [0.25, 0.3) is 0 Å². The van der Waals surface area contributed by atoms with Crippen LogP contribution in [0.1, 0.15) is 50.8 Å². The molecule has 5 nitrogen and oxygen atoms in total. The highest BCUT2D eigenvalue weighted by atomic mass is 16.5. The van der Waals surface area contributed by atoms with Crippen molar-refractivity contribution in [3.05, 3.63) is 11.9 Å². The molecule has 0 radical (unpaired) electrons. The Kier molecular flexibility index (Phi) is 5.27. The summed E-state index contributed by atoms with van der Waals surface area (Å²) in [6.45, 7) is 3.84. The van der Waals surface area contributed by atoms with Crippen LogP contribution in [-0.4, -0.2) is 47.5 Å². The average molecular weight is 295 g/mol. The minimum absolute atomic E-state index is 0.0107. The molecule has 1 saturated carbocycles. The molecule has 1 N–H and O–H groups in total. The Labute approximate surface area is 127 Å². The monoisotopic (exact) mass is 295 g/mol. The number of aliphatic hydroxyl groups is 1. The molecule has 5 heteroatoms. The van der Waals surface area contributed by atoms with E-state index in [1.54, 1.807) is 13.3 Å². The van der Waals surface area contributed by atoms with Gasteiger partial charge in [-0.05, 0) is 33.4 Å². The third kappa shape index (κ3) is 3.24. The van der Waals surface area contributed by atoms with Crippen molar-refractivity contribution in [2.24, 2.45) is 5.41 Å². The molecule has 0 saturated heterocycles. The van der Waals surface area contributed by atoms with Gasteiger partial charge in [-0.3, -0.25) is 4.68 Å². The van der Waals surface area contributed by atoms with E-state index in [-0.39, 0.29) is 5.41 Å². The first-order chi connectivity index (χ1) is 10.0. The van der Waals surface area contributed by atoms with Crippen molar-refractivity contribution in [1.82, 2.24) is 14.7 Å². The molecule has 1 unspecified atom stereocenters. The lowest BCUT2D eigenvalue weighted by atomic mass is 9.76. The average Bonchev–Trinajstić information content (AvgIpc) is 3.11. The first-order valence-electron chi connectivity index (χ1n) is 7.96. The number of hydrogen-bond acceptors (Lipinski definition) is 4. The van der Waals surface area contributed by atoms with Crippen LogP contribution in [0.15, 0.2) is 6.20 Å². The largest absolute Gasteiger partial charge is 0.493 e. The van der Waals surface area contributed by atoms with Gasteiger partial charge in [0.1, 0.15) is 11.8 Å². The lowest BCUT2D eigenvalue weighted by molar-refractivity contribution is 0.0150. The fraction of sp³-hybridized carbons (Fsp3) is 0.812. The highest BCUT2D eigenvalue weighted by Crippen LogP contribution is 2.51. The van der Waals surface area contributed by atoms with Crippen LogP contribution in [0.2, 0.25) is 0 Å². The number of ether oxygens (including phenoxy) is 1. The molecule has 1 fully saturated rings. The van der Waals surface area contributed by atoms with E-state index in [1.165, 1.54) is 12.8 Å². The number of likely N-dealkylation sites (N-methyl/N-ethyl adjacent to an activating group) is 1. The van der Waals surface area contributed by atoms with Gasteiger partial charge in [-0.1, -0.05) is 19.8 Å². The molecule has 1 heterocycles. The second-order valence-corrected chi connectivity index (χ2v) is 6.45. The molecule has 0 amide bonds. The lowest BCUT2D eigenvalue weighted by Gasteiger charge is -2.34. The Morgan fingerprint density at radius 1 is 1.43 bits per heavy atom. The zero-order valence-electron chi connectivity index (χ0n) is 13.8. The first-order valence-corrected chi connectivity index (χ1v) is 7.96. The fourth-order valence-electron chi connectivity index (χ4n) is 3.47. The third-order valence-electron chi connectivity index (χ3n) is 4.97. The predicted molar refractivity (Wildman–Crippen MR) is 83.5 cm³/mol. The Balaban J connectivity index is 2.29. The van der Waals surface area contributed by atoms with E-state index in [9.17, 15) is 5.11 Å². The van der Waals surface area contributed by atoms with E-state index >= 15 is 0 Å². The normalized spacial score (nSPS) is 19.1. The van der Waals surface area contributed by atoms with Crippen LogP contribution in [0.4, 0.5) is 0 Å². The van der Waals surface area contributed by atoms with Gasteiger partial charge in [-0.15, -0.1) is 0 Å². The maximum atomic E-state index is 11.1. The second-order valence-electron chi connectivity index (χ2n) is 6.45. The summed E-state index contributed by atoms with van der Waals surface area (Å²) < 4.78 is 7.36. The van der Waals surface area contributed by atoms with Gasteiger partial charge in [0.15, 0.2) is 5.75 Å². The predicted octanol–water partition coefficient (Wildman–Crippen LogP) is 2.46. The zero-order valence-corrected chi connectivity index (χ0v) is 13.8. The van der Waals surface area contributed by atoms with E-state index in [1.807, 2.05) is 18.8 Å². The minimum Gasteiger partial charge on any atom is -0.493 e. The molecule has 21 heavy (non-hydrogen) atoms. The summed E-state index contributed by atoms with van der Waals surface area (Å²) in [5.41, 5.74) is 0.839. The third-order valence-corrected chi connectivity index (χ3v) is 4.97. The van der Waals surface area contributed by atoms with Gasteiger partial charge < -0.3 is 14.7 Å². The van der Waals surface area contributed by atoms with Crippen molar-refractivity contribution in [3.63, 3.8) is 0 Å². The number of aliphatic hydroxyl groups excluding tert-OH is 1. The van der Waals surface area contributed by atoms with Crippen LogP contribution in [0.25, 0.3) is 0 Å². The van der Waals surface area contributed by atoms with Crippen LogP contribution >= 0.6 is 0 Å². The highest BCUT2D eigenvalue weighted by molar-refractivity contribution is 5.29. The summed E-state index contributed by atoms with van der Waals surface area (Å²) in [5, 5.41) is 15.5. The molecule has 1 aliphatic rings. The molecule has 1 aromatic heterocycles. The number of nitrogens with zero attached hydrogens (tertiary/aromatic N) is 3. The van der Waals surface area contributed by atoms with Gasteiger partial charge in [-0.25, -0.2) is 0 Å². The Morgan fingerprint density at radius 2 is 2.10 bits per heavy atom. The smallest absolute Gasteiger partial charge is 0.162 e. The van der Waals surface area contributed by atoms with Crippen molar-refractivity contribution >= 4 is 0 Å². The maximum Gasteiger partial charge on any atom is 0.162 e. The van der Waals surface area contributed by atoms with Crippen LogP contribution in [0.3, 0.4) is 0 Å². The zero-order chi connectivity index (χ0) is 15.5. The quantitative estimate of drug-likeness (QED) is 0.839. The first kappa shape index (κ1) is 16.3. The molecule has 120 valence electrons. The summed E-state index contributed by atoms with van der Waals surface area (Å²) in [7, 11) is 5.74. The van der Waals surface area contributed by atoms with Gasteiger partial charge in [0.2, 0.25) is 0 Å². The standard InChI is InChI=1S/C16H29N3O2/c1-5-16(8-6-7-9-16)15(20)14-13(21-4)12-17-19(14)11-10-18(2)3/h12,15,20H,5-11H2,1-4H3. The summed E-state index contributed by atoms with van der Waals surface area (Å²) in [6.07, 6.45) is 6.82. The lowest BCUT2D eigenvalue weighted by Crippen LogP contribution is -2.29. The van der Waals surface area contributed by atoms with Crippen LogP contribution in [0.5, 0.6) is 5.75 Å². The van der Waals surface area contributed by atoms with Gasteiger partial charge in [-0.2, -0.15) is 5.10 Å². The Bertz CT molecular complexity index is 450. The van der Waals surface area contributed by atoms with E-state index in [2.05, 4.69) is 16.9 Å². The van der Waals surface area contributed by atoms with E-state index in [4.69, 9.17) is 4.74 Å². The van der Waals surface area contributed by atoms with Crippen LogP contribution < -0.4 is 4.74 Å². The number of hydrogen-bond donors (Lipinski definition) is 1. The molecular formula is C16H29N3O2. The van der Waals surface area contributed by atoms with Gasteiger partial charge in [0, 0.05) is 12.0 Å². The van der Waals surface area contributed by atoms with Gasteiger partial charge in [0.05, 0.1) is 19.9 Å². The number of methoxy groups -OCH3 is 1. The van der Waals surface area contributed by atoms with E-state index in [0.29, 0.717) is 5.75 Å². The minimum atomic E-state index is -0.496. The summed E-state index contributed by atoms with van der Waals surface area (Å²) in [4.78, 5) is 2.12. The number of aromatic nitrogens is 2. The number of rotatable bonds is 7. The molecule has 1 aromatic rings. The highest BCUT2D eigenvalue weighted by Gasteiger charge is 2.42. The van der Waals surface area contributed by atoms with Crippen LogP contribution in [-0.2, 0) is 6.54 Å². The molecule has 0 spiro atoms. The van der Waals surface area contributed by atoms with Crippen molar-refractivity contribution in [2.45, 2.75) is 51.7 Å². The molecule has 0 bridgehead atoms. The second kappa shape index (κ2) is 6.79. The van der Waals surface area contributed by atoms with Crippen molar-refractivity contribution in [2.75, 3.05) is 27.7 Å². The van der Waals surface area contributed by atoms with Gasteiger partial charge >= 0.3 is 0 Å². The Hall–Kier alpha value is -1.07. The topological polar surface area (TPSA) is 50.5 Å². The SMILES string of the molecule is CCC1(C(O)c2c(OC)cnn2CCN(C)C)CCCC1. The maximum absolute atomic E-state index is 11.1. The fourth-order valence-corrected chi connectivity index (χ4v) is 3.47. The molecule has 0 aliphatic heterocycles. The van der Waals surface area contributed by atoms with Crippen molar-refractivity contribution in [1.29, 1.82) is 0 Å². The molecular weight excluding hydrogens is 266 g/mol. The molecule has 0 aromatic carbocycles. The molecule has 1 aliphatic carbocycles. The molecule has 2 rings (SSSR count). The summed E-state index contributed by atoms with van der Waals surface area (Å²) in [5.74, 6) is 0.709. The van der Waals surface area contributed by atoms with Crippen molar-refractivity contribution < 1.29 is 9.84 Å². The van der Waals surface area contributed by atoms with Crippen molar-refractivity contribution in [3.8, 4) is 5.75 Å². The molecule has 1 atom stereocenters. The summed E-state index contributed by atoms with van der Waals surface area (Å²) >= 11 is 0. The van der Waals surface area contributed by atoms with E-state index < -0.39 is 6.10 Å². The Morgan fingerprint density at radius 3 is 2.62 bits per heavy atom.